The maximum absolute atomic E-state index is 5.62. The largest absolute Gasteiger partial charge is 0.375 e. The number of hydrogen-bond acceptors (Lipinski definition) is 1. The zero-order valence-electron chi connectivity index (χ0n) is 12.6. The molecule has 96 valence electrons. The molecular formula is C14H34O. The van der Waals surface area contributed by atoms with Gasteiger partial charge in [0, 0.05) is 0 Å². The van der Waals surface area contributed by atoms with E-state index in [-0.39, 0.29) is 0 Å². The minimum absolute atomic E-state index is 0.505. The molecule has 0 saturated carbocycles. The van der Waals surface area contributed by atoms with Crippen LogP contribution in [-0.2, 0) is 4.74 Å². The van der Waals surface area contributed by atoms with Crippen molar-refractivity contribution in [1.82, 2.24) is 0 Å². The predicted molar refractivity (Wildman–Crippen MR) is 72.5 cm³/mol. The van der Waals surface area contributed by atoms with Gasteiger partial charge in [0.25, 0.3) is 0 Å². The summed E-state index contributed by atoms with van der Waals surface area (Å²) >= 11 is 0. The average Bonchev–Trinajstić information content (AvgIpc) is 2.65. The third kappa shape index (κ3) is 10.2. The van der Waals surface area contributed by atoms with Crippen LogP contribution in [0.4, 0.5) is 0 Å². The number of rotatable bonds is 1. The molecule has 1 heterocycles. The van der Waals surface area contributed by atoms with Crippen molar-refractivity contribution in [1.29, 1.82) is 0 Å². The van der Waals surface area contributed by atoms with E-state index < -0.39 is 0 Å². The predicted octanol–water partition coefficient (Wildman–Crippen LogP) is 5.29. The van der Waals surface area contributed by atoms with Crippen molar-refractivity contribution in [2.75, 3.05) is 0 Å². The molecule has 1 saturated heterocycles. The van der Waals surface area contributed by atoms with Crippen molar-refractivity contribution in [3.63, 3.8) is 0 Å². The zero-order chi connectivity index (χ0) is 12.9. The minimum Gasteiger partial charge on any atom is -0.375 e. The molecule has 0 aromatic carbocycles. The van der Waals surface area contributed by atoms with Crippen LogP contribution in [0.2, 0.25) is 0 Å². The molecule has 0 amide bonds. The van der Waals surface area contributed by atoms with E-state index in [1.54, 1.807) is 0 Å². The fourth-order valence-electron chi connectivity index (χ4n) is 1.66. The van der Waals surface area contributed by atoms with E-state index in [1.807, 2.05) is 41.5 Å². The molecule has 0 bridgehead atoms. The topological polar surface area (TPSA) is 9.23 Å². The summed E-state index contributed by atoms with van der Waals surface area (Å²) in [6.07, 6.45) is 3.47. The first-order valence-electron chi connectivity index (χ1n) is 6.89. The summed E-state index contributed by atoms with van der Waals surface area (Å²) in [5.41, 5.74) is 0. The Morgan fingerprint density at radius 2 is 1.33 bits per heavy atom. The van der Waals surface area contributed by atoms with Gasteiger partial charge in [0.15, 0.2) is 0 Å². The van der Waals surface area contributed by atoms with Gasteiger partial charge < -0.3 is 4.74 Å². The highest BCUT2D eigenvalue weighted by atomic mass is 16.5. The van der Waals surface area contributed by atoms with Gasteiger partial charge in [0.05, 0.1) is 12.2 Å². The minimum atomic E-state index is 0.505. The number of hydrogen-bond donors (Lipinski definition) is 0. The van der Waals surface area contributed by atoms with Gasteiger partial charge in [-0.2, -0.15) is 0 Å². The van der Waals surface area contributed by atoms with Crippen molar-refractivity contribution in [2.45, 2.75) is 87.4 Å². The first kappa shape index (κ1) is 20.4. The highest BCUT2D eigenvalue weighted by Crippen LogP contribution is 2.27. The highest BCUT2D eigenvalue weighted by Gasteiger charge is 2.27. The standard InChI is InChI=1S/C8H16O.3C2H6/c1-4-8-6(2)5-7(3)9-8;3*1-2/h6-8H,4-5H2,1-3H3;3*1-2H3. The van der Waals surface area contributed by atoms with Gasteiger partial charge in [-0.15, -0.1) is 0 Å². The Kier molecular flexibility index (Phi) is 22.3. The van der Waals surface area contributed by atoms with E-state index in [9.17, 15) is 0 Å². The first-order valence-corrected chi connectivity index (χ1v) is 6.89. The smallest absolute Gasteiger partial charge is 0.0602 e. The van der Waals surface area contributed by atoms with E-state index in [1.165, 1.54) is 12.8 Å². The van der Waals surface area contributed by atoms with Crippen LogP contribution in [0, 0.1) is 5.92 Å². The Morgan fingerprint density at radius 3 is 1.47 bits per heavy atom. The van der Waals surface area contributed by atoms with E-state index in [2.05, 4.69) is 20.8 Å². The second-order valence-corrected chi connectivity index (χ2v) is 3.11. The van der Waals surface area contributed by atoms with Crippen LogP contribution in [0.15, 0.2) is 0 Å². The van der Waals surface area contributed by atoms with Crippen LogP contribution < -0.4 is 0 Å². The molecule has 1 heteroatoms. The second-order valence-electron chi connectivity index (χ2n) is 3.11. The lowest BCUT2D eigenvalue weighted by Gasteiger charge is -2.10. The third-order valence-electron chi connectivity index (χ3n) is 2.15. The van der Waals surface area contributed by atoms with Crippen molar-refractivity contribution < 1.29 is 4.74 Å². The molecule has 1 nitrogen and oxygen atoms in total. The second kappa shape index (κ2) is 16.4. The summed E-state index contributed by atoms with van der Waals surface area (Å²) < 4.78 is 5.62. The van der Waals surface area contributed by atoms with Crippen molar-refractivity contribution in [3.8, 4) is 0 Å². The third-order valence-corrected chi connectivity index (χ3v) is 2.15. The molecule has 0 spiro atoms. The van der Waals surface area contributed by atoms with Crippen LogP contribution in [0.3, 0.4) is 0 Å². The molecule has 0 aliphatic carbocycles. The van der Waals surface area contributed by atoms with E-state index in [4.69, 9.17) is 4.74 Å². The molecule has 0 N–H and O–H groups in total. The fraction of sp³-hybridized carbons (Fsp3) is 1.00. The summed E-state index contributed by atoms with van der Waals surface area (Å²) in [4.78, 5) is 0. The van der Waals surface area contributed by atoms with Crippen LogP contribution in [0.5, 0.6) is 0 Å². The quantitative estimate of drug-likeness (QED) is 0.581. The van der Waals surface area contributed by atoms with Crippen molar-refractivity contribution >= 4 is 0 Å². The van der Waals surface area contributed by atoms with Crippen LogP contribution in [0.25, 0.3) is 0 Å². The Bertz CT molecular complexity index is 91.3. The lowest BCUT2D eigenvalue weighted by atomic mass is 10.0. The molecule has 0 radical (unpaired) electrons. The SMILES string of the molecule is CC.CC.CC.CCC1OC(C)CC1C. The lowest BCUT2D eigenvalue weighted by Crippen LogP contribution is -2.11. The molecule has 1 aliphatic rings. The van der Waals surface area contributed by atoms with Crippen LogP contribution in [0.1, 0.15) is 75.2 Å². The summed E-state index contributed by atoms with van der Waals surface area (Å²) in [6.45, 7) is 18.6. The summed E-state index contributed by atoms with van der Waals surface area (Å²) in [7, 11) is 0. The van der Waals surface area contributed by atoms with Crippen LogP contribution >= 0.6 is 0 Å². The lowest BCUT2D eigenvalue weighted by molar-refractivity contribution is 0.0438. The van der Waals surface area contributed by atoms with Crippen molar-refractivity contribution in [2.24, 2.45) is 5.92 Å². The van der Waals surface area contributed by atoms with Gasteiger partial charge in [-0.1, -0.05) is 55.4 Å². The number of ether oxygens (including phenoxy) is 1. The Balaban J connectivity index is -0.000000208. The van der Waals surface area contributed by atoms with Gasteiger partial charge in [-0.05, 0) is 25.7 Å². The highest BCUT2D eigenvalue weighted by molar-refractivity contribution is 4.75. The monoisotopic (exact) mass is 218 g/mol. The molecule has 1 fully saturated rings. The molecule has 1 aliphatic heterocycles. The summed E-state index contributed by atoms with van der Waals surface area (Å²) in [6, 6.07) is 0. The van der Waals surface area contributed by atoms with E-state index in [0.717, 1.165) is 5.92 Å². The van der Waals surface area contributed by atoms with Gasteiger partial charge in [0.1, 0.15) is 0 Å². The van der Waals surface area contributed by atoms with Gasteiger partial charge in [-0.25, -0.2) is 0 Å². The first-order chi connectivity index (χ1) is 7.24. The van der Waals surface area contributed by atoms with Gasteiger partial charge in [-0.3, -0.25) is 0 Å². The molecule has 1 rings (SSSR count). The molecule has 15 heavy (non-hydrogen) atoms. The van der Waals surface area contributed by atoms with Crippen LogP contribution in [-0.4, -0.2) is 12.2 Å². The van der Waals surface area contributed by atoms with Gasteiger partial charge >= 0.3 is 0 Å². The molecule has 0 aromatic heterocycles. The van der Waals surface area contributed by atoms with Crippen molar-refractivity contribution in [3.05, 3.63) is 0 Å². The zero-order valence-corrected chi connectivity index (χ0v) is 12.6. The Morgan fingerprint density at radius 1 is 0.933 bits per heavy atom. The Hall–Kier alpha value is -0.0400. The molecule has 0 aromatic rings. The maximum atomic E-state index is 5.62. The average molecular weight is 218 g/mol. The van der Waals surface area contributed by atoms with E-state index in [0.29, 0.717) is 12.2 Å². The van der Waals surface area contributed by atoms with E-state index >= 15 is 0 Å². The summed E-state index contributed by atoms with van der Waals surface area (Å²) in [5.74, 6) is 0.782. The fourth-order valence-corrected chi connectivity index (χ4v) is 1.66. The Labute approximate surface area is 98.6 Å². The summed E-state index contributed by atoms with van der Waals surface area (Å²) in [5, 5.41) is 0. The molecule has 3 atom stereocenters. The maximum Gasteiger partial charge on any atom is 0.0602 e. The van der Waals surface area contributed by atoms with Gasteiger partial charge in [0.2, 0.25) is 0 Å². The normalized spacial score (nSPS) is 27.4. The molecular weight excluding hydrogens is 184 g/mol. The molecule has 3 unspecified atom stereocenters.